The molecule has 0 aromatic carbocycles. The van der Waals surface area contributed by atoms with E-state index in [0.29, 0.717) is 5.69 Å². The van der Waals surface area contributed by atoms with Crippen LogP contribution in [0.25, 0.3) is 0 Å². The van der Waals surface area contributed by atoms with Gasteiger partial charge in [0.25, 0.3) is 0 Å². The summed E-state index contributed by atoms with van der Waals surface area (Å²) in [4.78, 5) is 3.79. The van der Waals surface area contributed by atoms with Gasteiger partial charge in [-0.3, -0.25) is 15.7 Å². The predicted octanol–water partition coefficient (Wildman–Crippen LogP) is 1.65. The van der Waals surface area contributed by atoms with Gasteiger partial charge in [0.1, 0.15) is 0 Å². The van der Waals surface area contributed by atoms with E-state index >= 15 is 0 Å². The van der Waals surface area contributed by atoms with Gasteiger partial charge in [-0.1, -0.05) is 0 Å². The largest absolute Gasteiger partial charge is 0.291 e. The molecule has 0 aliphatic carbocycles. The van der Waals surface area contributed by atoms with Crippen molar-refractivity contribution in [3.05, 3.63) is 22.9 Å². The fourth-order valence-electron chi connectivity index (χ4n) is 0.473. The first-order valence-corrected chi connectivity index (χ1v) is 3.13. The van der Waals surface area contributed by atoms with E-state index in [2.05, 4.69) is 20.9 Å². The summed E-state index contributed by atoms with van der Waals surface area (Å²) >= 11 is 3.19. The van der Waals surface area contributed by atoms with Gasteiger partial charge in [0.15, 0.2) is 0 Å². The van der Waals surface area contributed by atoms with E-state index < -0.39 is 0 Å². The molecule has 0 radical (unpaired) electrons. The van der Waals surface area contributed by atoms with Crippen molar-refractivity contribution in [1.82, 2.24) is 4.98 Å². The number of aromatic nitrogens is 1. The van der Waals surface area contributed by atoms with Gasteiger partial charge in [-0.25, -0.2) is 0 Å². The number of halogens is 1. The zero-order valence-electron chi connectivity index (χ0n) is 4.50. The van der Waals surface area contributed by atoms with E-state index in [1.807, 2.05) is 5.48 Å². The Balaban J connectivity index is 2.94. The molecule has 48 valence electrons. The molecule has 1 aromatic heterocycles. The molecule has 2 N–H and O–H groups in total. The van der Waals surface area contributed by atoms with Crippen LogP contribution in [0.2, 0.25) is 0 Å². The van der Waals surface area contributed by atoms with E-state index in [0.717, 1.165) is 4.47 Å². The van der Waals surface area contributed by atoms with Crippen molar-refractivity contribution >= 4 is 21.6 Å². The Morgan fingerprint density at radius 3 is 2.78 bits per heavy atom. The highest BCUT2D eigenvalue weighted by Crippen LogP contribution is 2.12. The second-order valence-electron chi connectivity index (χ2n) is 1.50. The molecule has 1 heterocycles. The zero-order chi connectivity index (χ0) is 6.69. The Morgan fingerprint density at radius 2 is 2.33 bits per heavy atom. The van der Waals surface area contributed by atoms with Crippen LogP contribution in [0.3, 0.4) is 0 Å². The Hall–Kier alpha value is -0.610. The van der Waals surface area contributed by atoms with Crippen molar-refractivity contribution in [3.63, 3.8) is 0 Å². The minimum Gasteiger partial charge on any atom is -0.291 e. The topological polar surface area (TPSA) is 45.1 Å². The smallest absolute Gasteiger partial charge is 0.0796 e. The molecule has 0 bridgehead atoms. The lowest BCUT2D eigenvalue weighted by Gasteiger charge is -1.95. The quantitative estimate of drug-likeness (QED) is 0.660. The average molecular weight is 189 g/mol. The molecular formula is C5H5BrN2O. The van der Waals surface area contributed by atoms with Crippen LogP contribution in [0.4, 0.5) is 5.69 Å². The maximum atomic E-state index is 8.35. The van der Waals surface area contributed by atoms with Gasteiger partial charge in [0.05, 0.1) is 11.9 Å². The fourth-order valence-corrected chi connectivity index (χ4v) is 0.838. The van der Waals surface area contributed by atoms with Gasteiger partial charge in [-0.15, -0.1) is 0 Å². The molecule has 0 saturated carbocycles. The third-order valence-corrected chi connectivity index (χ3v) is 1.27. The maximum absolute atomic E-state index is 8.35. The molecule has 1 aromatic rings. The van der Waals surface area contributed by atoms with E-state index in [9.17, 15) is 0 Å². The van der Waals surface area contributed by atoms with Crippen LogP contribution < -0.4 is 5.48 Å². The summed E-state index contributed by atoms with van der Waals surface area (Å²) in [5, 5.41) is 8.35. The molecule has 0 atom stereocenters. The van der Waals surface area contributed by atoms with E-state index in [-0.39, 0.29) is 0 Å². The highest BCUT2D eigenvalue weighted by Gasteiger charge is 1.88. The standard InChI is InChI=1S/C5H5BrN2O/c6-4-1-5(8-9)3-7-2-4/h1-3,8-9H. The highest BCUT2D eigenvalue weighted by molar-refractivity contribution is 9.10. The minimum atomic E-state index is 0.573. The Morgan fingerprint density at radius 1 is 1.56 bits per heavy atom. The SMILES string of the molecule is ONc1cncc(Br)c1. The van der Waals surface area contributed by atoms with Gasteiger partial charge >= 0.3 is 0 Å². The van der Waals surface area contributed by atoms with Gasteiger partial charge in [-0.2, -0.15) is 0 Å². The lowest BCUT2D eigenvalue weighted by Crippen LogP contribution is -1.88. The number of rotatable bonds is 1. The molecule has 0 aliphatic rings. The van der Waals surface area contributed by atoms with Crippen LogP contribution in [0, 0.1) is 0 Å². The monoisotopic (exact) mass is 188 g/mol. The van der Waals surface area contributed by atoms with Crippen molar-refractivity contribution in [2.45, 2.75) is 0 Å². The summed E-state index contributed by atoms with van der Waals surface area (Å²) in [6, 6.07) is 1.72. The lowest BCUT2D eigenvalue weighted by atomic mass is 10.4. The number of hydrogen-bond acceptors (Lipinski definition) is 3. The first kappa shape index (κ1) is 6.51. The number of hydrogen-bond donors (Lipinski definition) is 2. The normalized spacial score (nSPS) is 9.11. The fraction of sp³-hybridized carbons (Fsp3) is 0. The number of nitrogens with one attached hydrogen (secondary N) is 1. The summed E-state index contributed by atoms with van der Waals surface area (Å²) in [5.41, 5.74) is 2.55. The third kappa shape index (κ3) is 1.65. The van der Waals surface area contributed by atoms with Crippen LogP contribution in [0.1, 0.15) is 0 Å². The Bertz CT molecular complexity index is 204. The summed E-state index contributed by atoms with van der Waals surface area (Å²) in [6.07, 6.45) is 3.16. The van der Waals surface area contributed by atoms with Gasteiger partial charge < -0.3 is 0 Å². The molecule has 1 rings (SSSR count). The molecule has 0 fully saturated rings. The predicted molar refractivity (Wildman–Crippen MR) is 37.3 cm³/mol. The van der Waals surface area contributed by atoms with Crippen molar-refractivity contribution < 1.29 is 5.21 Å². The first-order valence-electron chi connectivity index (χ1n) is 2.33. The molecule has 4 heteroatoms. The molecule has 0 spiro atoms. The number of nitrogens with zero attached hydrogens (tertiary/aromatic N) is 1. The van der Waals surface area contributed by atoms with E-state index in [1.165, 1.54) is 6.20 Å². The van der Waals surface area contributed by atoms with E-state index in [4.69, 9.17) is 5.21 Å². The summed E-state index contributed by atoms with van der Waals surface area (Å²) < 4.78 is 0.835. The molecule has 0 unspecified atom stereocenters. The lowest BCUT2D eigenvalue weighted by molar-refractivity contribution is 0.388. The van der Waals surface area contributed by atoms with Crippen LogP contribution in [-0.2, 0) is 0 Å². The van der Waals surface area contributed by atoms with Gasteiger partial charge in [0, 0.05) is 10.7 Å². The molecule has 3 nitrogen and oxygen atoms in total. The Labute approximate surface area is 60.8 Å². The Kier molecular flexibility index (Phi) is 2.02. The second-order valence-corrected chi connectivity index (χ2v) is 2.42. The summed E-state index contributed by atoms with van der Waals surface area (Å²) in [5.74, 6) is 0. The third-order valence-electron chi connectivity index (χ3n) is 0.834. The van der Waals surface area contributed by atoms with Crippen molar-refractivity contribution in [1.29, 1.82) is 0 Å². The van der Waals surface area contributed by atoms with Gasteiger partial charge in [0.2, 0.25) is 0 Å². The zero-order valence-corrected chi connectivity index (χ0v) is 6.09. The second kappa shape index (κ2) is 2.80. The number of anilines is 1. The molecule has 0 amide bonds. The number of pyridine rings is 1. The van der Waals surface area contributed by atoms with Crippen LogP contribution >= 0.6 is 15.9 Å². The molecular weight excluding hydrogens is 184 g/mol. The maximum Gasteiger partial charge on any atom is 0.0796 e. The molecule has 0 saturated heterocycles. The van der Waals surface area contributed by atoms with Gasteiger partial charge in [-0.05, 0) is 22.0 Å². The van der Waals surface area contributed by atoms with Crippen molar-refractivity contribution in [2.75, 3.05) is 5.48 Å². The van der Waals surface area contributed by atoms with Crippen LogP contribution in [0.15, 0.2) is 22.9 Å². The van der Waals surface area contributed by atoms with Crippen LogP contribution in [-0.4, -0.2) is 10.2 Å². The molecule has 0 aliphatic heterocycles. The highest BCUT2D eigenvalue weighted by atomic mass is 79.9. The van der Waals surface area contributed by atoms with Crippen molar-refractivity contribution in [2.24, 2.45) is 0 Å². The molecule has 9 heavy (non-hydrogen) atoms. The van der Waals surface area contributed by atoms with Crippen LogP contribution in [0.5, 0.6) is 0 Å². The summed E-state index contributed by atoms with van der Waals surface area (Å²) in [6.45, 7) is 0. The van der Waals surface area contributed by atoms with Crippen molar-refractivity contribution in [3.8, 4) is 0 Å². The average Bonchev–Trinajstić information content (AvgIpc) is 1.88. The summed E-state index contributed by atoms with van der Waals surface area (Å²) in [7, 11) is 0. The minimum absolute atomic E-state index is 0.573. The first-order chi connectivity index (χ1) is 4.33. The van der Waals surface area contributed by atoms with E-state index in [1.54, 1.807) is 12.3 Å².